The van der Waals surface area contributed by atoms with Gasteiger partial charge in [-0.05, 0) is 17.0 Å². The molecule has 0 rings (SSSR count). The highest BCUT2D eigenvalue weighted by molar-refractivity contribution is 6.88. The zero-order valence-electron chi connectivity index (χ0n) is 19.1. The van der Waals surface area contributed by atoms with E-state index in [1.165, 1.54) is 0 Å². The first-order valence-corrected chi connectivity index (χ1v) is 15.6. The number of esters is 1. The first kappa shape index (κ1) is 25.7. The smallest absolute Gasteiger partial charge is 0.340 e. The van der Waals surface area contributed by atoms with Crippen molar-refractivity contribution in [2.45, 2.75) is 90.8 Å². The normalized spacial score (nSPS) is 14.4. The molecule has 0 saturated carbocycles. The number of aliphatic hydroxyl groups excluding tert-OH is 1. The molecular formula is C22H38O3Si2. The summed E-state index contributed by atoms with van der Waals surface area (Å²) in [6.45, 7) is 23.9. The molecule has 0 aliphatic carbocycles. The van der Waals surface area contributed by atoms with Crippen molar-refractivity contribution in [2.24, 2.45) is 0 Å². The molecule has 0 bridgehead atoms. The zero-order valence-corrected chi connectivity index (χ0v) is 21.1. The molecule has 0 fully saturated rings. The number of allylic oxidation sites excluding steroid dienone is 1. The number of carbonyl (C=O) groups excluding carboxylic acids is 1. The Kier molecular flexibility index (Phi) is 8.84. The van der Waals surface area contributed by atoms with E-state index in [0.717, 1.165) is 0 Å². The van der Waals surface area contributed by atoms with Crippen molar-refractivity contribution in [1.82, 2.24) is 0 Å². The molecule has 0 radical (unpaired) electrons. The summed E-state index contributed by atoms with van der Waals surface area (Å²) >= 11 is 0. The first-order valence-electron chi connectivity index (χ1n) is 9.57. The van der Waals surface area contributed by atoms with Crippen LogP contribution in [0.25, 0.3) is 0 Å². The van der Waals surface area contributed by atoms with Crippen molar-refractivity contribution in [1.29, 1.82) is 0 Å². The van der Waals surface area contributed by atoms with E-state index in [4.69, 9.17) is 4.74 Å². The van der Waals surface area contributed by atoms with Gasteiger partial charge in [0.2, 0.25) is 0 Å². The maximum Gasteiger partial charge on any atom is 0.340 e. The van der Waals surface area contributed by atoms with Gasteiger partial charge in [-0.3, -0.25) is 0 Å². The minimum absolute atomic E-state index is 0.0901. The van der Waals surface area contributed by atoms with E-state index in [-0.39, 0.29) is 16.7 Å². The molecule has 0 aromatic carbocycles. The maximum absolute atomic E-state index is 12.0. The number of carbonyl (C=O) groups is 1. The molecule has 0 heterocycles. The molecule has 3 nitrogen and oxygen atoms in total. The van der Waals surface area contributed by atoms with Gasteiger partial charge in [-0.25, -0.2) is 4.79 Å². The lowest BCUT2D eigenvalue weighted by molar-refractivity contribution is -0.150. The molecule has 0 aliphatic heterocycles. The van der Waals surface area contributed by atoms with Gasteiger partial charge in [0.05, 0.1) is 6.61 Å². The van der Waals surface area contributed by atoms with Gasteiger partial charge >= 0.3 is 5.97 Å². The van der Waals surface area contributed by atoms with E-state index in [1.54, 1.807) is 13.0 Å². The SMILES string of the molecule is CCOC(=O)C(O)/C(C#C[Si](C)(C)C(C)(C)C)=C\C#C[Si](C)(C)C(C)(C)C. The summed E-state index contributed by atoms with van der Waals surface area (Å²) in [6.07, 6.45) is 0.207. The predicted octanol–water partition coefficient (Wildman–Crippen LogP) is 4.94. The molecule has 1 atom stereocenters. The molecule has 0 saturated heterocycles. The van der Waals surface area contributed by atoms with Crippen LogP contribution >= 0.6 is 0 Å². The Hall–Kier alpha value is -1.28. The summed E-state index contributed by atoms with van der Waals surface area (Å²) in [5.74, 6) is 5.47. The van der Waals surface area contributed by atoms with Crippen LogP contribution in [0, 0.1) is 22.9 Å². The second-order valence-electron chi connectivity index (χ2n) is 10.0. The Labute approximate surface area is 169 Å². The predicted molar refractivity (Wildman–Crippen MR) is 121 cm³/mol. The number of aliphatic hydroxyl groups is 1. The molecule has 0 aromatic rings. The monoisotopic (exact) mass is 406 g/mol. The number of hydrogen-bond donors (Lipinski definition) is 1. The van der Waals surface area contributed by atoms with E-state index < -0.39 is 28.2 Å². The Balaban J connectivity index is 6.04. The third-order valence-corrected chi connectivity index (χ3v) is 14.7. The molecule has 0 aromatic heterocycles. The van der Waals surface area contributed by atoms with Gasteiger partial charge in [0.25, 0.3) is 0 Å². The average molecular weight is 407 g/mol. The average Bonchev–Trinajstić information content (AvgIpc) is 2.47. The van der Waals surface area contributed by atoms with E-state index >= 15 is 0 Å². The molecule has 1 N–H and O–H groups in total. The number of ether oxygens (including phenoxy) is 1. The van der Waals surface area contributed by atoms with Gasteiger partial charge < -0.3 is 9.84 Å². The van der Waals surface area contributed by atoms with Gasteiger partial charge in [-0.15, -0.1) is 11.1 Å². The van der Waals surface area contributed by atoms with E-state index in [2.05, 4.69) is 90.7 Å². The van der Waals surface area contributed by atoms with Crippen molar-refractivity contribution >= 4 is 22.1 Å². The maximum atomic E-state index is 12.0. The lowest BCUT2D eigenvalue weighted by atomic mass is 10.1. The first-order chi connectivity index (χ1) is 12.0. The number of hydrogen-bond acceptors (Lipinski definition) is 3. The Morgan fingerprint density at radius 3 is 1.85 bits per heavy atom. The quantitative estimate of drug-likeness (QED) is 0.410. The van der Waals surface area contributed by atoms with Crippen molar-refractivity contribution in [3.05, 3.63) is 11.6 Å². The third-order valence-electron chi connectivity index (χ3n) is 5.69. The van der Waals surface area contributed by atoms with Crippen LogP contribution in [0.5, 0.6) is 0 Å². The fourth-order valence-corrected chi connectivity index (χ4v) is 3.07. The lowest BCUT2D eigenvalue weighted by Gasteiger charge is -2.31. The van der Waals surface area contributed by atoms with E-state index in [0.29, 0.717) is 5.57 Å². The van der Waals surface area contributed by atoms with Gasteiger partial charge in [0.1, 0.15) is 16.1 Å². The van der Waals surface area contributed by atoms with Crippen LogP contribution < -0.4 is 0 Å². The largest absolute Gasteiger partial charge is 0.464 e. The third kappa shape index (κ3) is 7.70. The number of rotatable bonds is 3. The van der Waals surface area contributed by atoms with Crippen LogP contribution in [0.4, 0.5) is 0 Å². The highest BCUT2D eigenvalue weighted by Gasteiger charge is 2.34. The zero-order chi connectivity index (χ0) is 21.7. The fraction of sp³-hybridized carbons (Fsp3) is 0.682. The lowest BCUT2D eigenvalue weighted by Crippen LogP contribution is -2.36. The van der Waals surface area contributed by atoms with Crippen LogP contribution in [0.2, 0.25) is 36.3 Å². The minimum Gasteiger partial charge on any atom is -0.464 e. The standard InChI is InChI=1S/C22H38O3Si2/c1-12-25-20(24)19(23)18(15-17-27(10,11)22(5,6)7)14-13-16-26(8,9)21(2,3)4/h14,19,23H,12H2,1-11H3/b18-14-. The molecule has 1 unspecified atom stereocenters. The Morgan fingerprint density at radius 2 is 1.44 bits per heavy atom. The summed E-state index contributed by atoms with van der Waals surface area (Å²) in [6, 6.07) is 0. The Bertz CT molecular complexity index is 682. The highest BCUT2D eigenvalue weighted by Crippen LogP contribution is 2.36. The molecule has 152 valence electrons. The van der Waals surface area contributed by atoms with Gasteiger partial charge in [0, 0.05) is 11.6 Å². The van der Waals surface area contributed by atoms with E-state index in [9.17, 15) is 9.90 Å². The molecule has 27 heavy (non-hydrogen) atoms. The molecule has 0 spiro atoms. The summed E-state index contributed by atoms with van der Waals surface area (Å²) in [4.78, 5) is 12.0. The Morgan fingerprint density at radius 1 is 1.00 bits per heavy atom. The van der Waals surface area contributed by atoms with Gasteiger partial charge in [0.15, 0.2) is 6.10 Å². The van der Waals surface area contributed by atoms with E-state index in [1.807, 2.05) is 0 Å². The summed E-state index contributed by atoms with van der Waals surface area (Å²) in [5, 5.41) is 10.6. The van der Waals surface area contributed by atoms with Gasteiger partial charge in [-0.2, -0.15) is 0 Å². The van der Waals surface area contributed by atoms with Crippen LogP contribution in [0.3, 0.4) is 0 Å². The topological polar surface area (TPSA) is 46.5 Å². The van der Waals surface area contributed by atoms with Crippen LogP contribution in [-0.4, -0.2) is 39.9 Å². The van der Waals surface area contributed by atoms with Gasteiger partial charge in [-0.1, -0.05) is 79.6 Å². The highest BCUT2D eigenvalue weighted by atomic mass is 28.3. The van der Waals surface area contributed by atoms with Crippen molar-refractivity contribution in [3.63, 3.8) is 0 Å². The second kappa shape index (κ2) is 9.28. The van der Waals surface area contributed by atoms with Crippen LogP contribution in [0.15, 0.2) is 11.6 Å². The molecule has 5 heteroatoms. The minimum atomic E-state index is -1.88. The van der Waals surface area contributed by atoms with Crippen molar-refractivity contribution in [2.75, 3.05) is 6.61 Å². The fourth-order valence-electron chi connectivity index (χ4n) is 1.43. The van der Waals surface area contributed by atoms with Crippen LogP contribution in [-0.2, 0) is 9.53 Å². The second-order valence-corrected chi connectivity index (χ2v) is 20.0. The molecule has 0 aliphatic rings. The summed E-state index contributed by atoms with van der Waals surface area (Å²) < 4.78 is 4.96. The summed E-state index contributed by atoms with van der Waals surface area (Å²) in [7, 11) is -3.66. The van der Waals surface area contributed by atoms with Crippen LogP contribution in [0.1, 0.15) is 48.5 Å². The summed E-state index contributed by atoms with van der Waals surface area (Å²) in [5.41, 5.74) is 7.05. The van der Waals surface area contributed by atoms with Crippen molar-refractivity contribution in [3.8, 4) is 22.9 Å². The molecule has 0 amide bonds. The molecular weight excluding hydrogens is 368 g/mol. The van der Waals surface area contributed by atoms with Crippen molar-refractivity contribution < 1.29 is 14.6 Å².